The molecule has 1 aromatic carbocycles. The van der Waals surface area contributed by atoms with Crippen LogP contribution >= 0.6 is 11.8 Å². The lowest BCUT2D eigenvalue weighted by Crippen LogP contribution is -1.92. The van der Waals surface area contributed by atoms with Gasteiger partial charge in [0, 0.05) is 5.56 Å². The second-order valence-electron chi connectivity index (χ2n) is 2.43. The monoisotopic (exact) mass is 208 g/mol. The molecule has 0 heterocycles. The summed E-state index contributed by atoms with van der Waals surface area (Å²) in [6.45, 7) is 6.01. The lowest BCUT2D eigenvalue weighted by Gasteiger charge is -1.99. The molecule has 0 aliphatic heterocycles. The van der Waals surface area contributed by atoms with Gasteiger partial charge in [-0.2, -0.15) is 0 Å². The highest BCUT2D eigenvalue weighted by molar-refractivity contribution is 8.25. The maximum Gasteiger partial charge on any atom is 0.0999 e. The first-order chi connectivity index (χ1) is 6.74. The van der Waals surface area contributed by atoms with Crippen LogP contribution in [0.2, 0.25) is 0 Å². The van der Waals surface area contributed by atoms with Crippen LogP contribution in [0.25, 0.3) is 0 Å². The average molecular weight is 208 g/mol. The Morgan fingerprint density at radius 2 is 1.71 bits per heavy atom. The molecule has 0 fully saturated rings. The molecule has 14 heavy (non-hydrogen) atoms. The highest BCUT2D eigenvalue weighted by Gasteiger charge is 1.98. The van der Waals surface area contributed by atoms with Crippen LogP contribution in [0.1, 0.15) is 25.0 Å². The Morgan fingerprint density at radius 1 is 1.21 bits per heavy atom. The van der Waals surface area contributed by atoms with Crippen molar-refractivity contribution in [1.29, 1.82) is 10.8 Å². The zero-order chi connectivity index (χ0) is 11.0. The van der Waals surface area contributed by atoms with Crippen molar-refractivity contribution in [2.24, 2.45) is 0 Å². The van der Waals surface area contributed by atoms with Gasteiger partial charge in [0.05, 0.1) is 10.6 Å². The minimum Gasteiger partial charge on any atom is -0.301 e. The average Bonchev–Trinajstić information content (AvgIpc) is 2.22. The van der Waals surface area contributed by atoms with Crippen LogP contribution in [-0.2, 0) is 0 Å². The summed E-state index contributed by atoms with van der Waals surface area (Å²) < 4.78 is 0. The first-order valence-corrected chi connectivity index (χ1v) is 5.43. The topological polar surface area (TPSA) is 47.7 Å². The summed E-state index contributed by atoms with van der Waals surface area (Å²) >= 11 is 1.12. The molecule has 0 radical (unpaired) electrons. The highest BCUT2D eigenvalue weighted by atomic mass is 32.2. The van der Waals surface area contributed by atoms with Crippen molar-refractivity contribution in [3.8, 4) is 0 Å². The van der Waals surface area contributed by atoms with E-state index in [2.05, 4.69) is 0 Å². The van der Waals surface area contributed by atoms with E-state index in [0.717, 1.165) is 17.3 Å². The summed E-state index contributed by atoms with van der Waals surface area (Å²) in [7, 11) is 0. The second kappa shape index (κ2) is 7.33. The maximum absolute atomic E-state index is 7.51. The van der Waals surface area contributed by atoms with Crippen molar-refractivity contribution in [3.63, 3.8) is 0 Å². The maximum atomic E-state index is 7.51. The zero-order valence-corrected chi connectivity index (χ0v) is 9.61. The van der Waals surface area contributed by atoms with Gasteiger partial charge in [0.2, 0.25) is 0 Å². The van der Waals surface area contributed by atoms with Crippen LogP contribution in [0, 0.1) is 17.7 Å². The lowest BCUT2D eigenvalue weighted by atomic mass is 10.2. The summed E-state index contributed by atoms with van der Waals surface area (Å²) in [5.74, 6) is 0. The van der Waals surface area contributed by atoms with Crippen LogP contribution < -0.4 is 0 Å². The van der Waals surface area contributed by atoms with Crippen LogP contribution in [0.4, 0.5) is 0 Å². The van der Waals surface area contributed by atoms with E-state index in [9.17, 15) is 0 Å². The number of rotatable bonds is 2. The Balaban J connectivity index is 0.000000791. The predicted octanol–water partition coefficient (Wildman–Crippen LogP) is 3.69. The van der Waals surface area contributed by atoms with Crippen LogP contribution in [0.5, 0.6) is 0 Å². The molecule has 2 N–H and O–H groups in total. The van der Waals surface area contributed by atoms with Crippen molar-refractivity contribution in [3.05, 3.63) is 35.4 Å². The van der Waals surface area contributed by atoms with E-state index in [1.54, 1.807) is 0 Å². The molecular formula is C11H16N2S. The van der Waals surface area contributed by atoms with Crippen molar-refractivity contribution >= 4 is 22.4 Å². The van der Waals surface area contributed by atoms with Gasteiger partial charge in [0.1, 0.15) is 0 Å². The van der Waals surface area contributed by atoms with Gasteiger partial charge in [-0.15, -0.1) is 0 Å². The summed E-state index contributed by atoms with van der Waals surface area (Å²) in [5, 5.41) is 14.8. The van der Waals surface area contributed by atoms with Crippen molar-refractivity contribution in [2.45, 2.75) is 20.8 Å². The second-order valence-corrected chi connectivity index (χ2v) is 3.31. The SMILES string of the molecule is CC.Cc1ccc(C(=N)SC=N)cc1. The molecule has 0 bridgehead atoms. The highest BCUT2D eigenvalue weighted by Crippen LogP contribution is 2.10. The van der Waals surface area contributed by atoms with Gasteiger partial charge in [-0.05, 0) is 6.92 Å². The molecule has 3 heteroatoms. The largest absolute Gasteiger partial charge is 0.301 e. The minimum atomic E-state index is 0.421. The minimum absolute atomic E-state index is 0.421. The Labute approximate surface area is 89.8 Å². The van der Waals surface area contributed by atoms with Gasteiger partial charge in [0.25, 0.3) is 0 Å². The van der Waals surface area contributed by atoms with Gasteiger partial charge >= 0.3 is 0 Å². The fourth-order valence-corrected chi connectivity index (χ4v) is 1.22. The van der Waals surface area contributed by atoms with E-state index >= 15 is 0 Å². The van der Waals surface area contributed by atoms with Gasteiger partial charge in [-0.1, -0.05) is 55.4 Å². The first kappa shape index (κ1) is 12.9. The molecule has 0 unspecified atom stereocenters. The quantitative estimate of drug-likeness (QED) is 0.565. The molecule has 76 valence electrons. The molecule has 2 nitrogen and oxygen atoms in total. The van der Waals surface area contributed by atoms with E-state index in [0.29, 0.717) is 5.04 Å². The summed E-state index contributed by atoms with van der Waals surface area (Å²) in [5.41, 5.74) is 3.22. The molecule has 0 saturated carbocycles. The Hall–Kier alpha value is -1.09. The number of hydrogen-bond donors (Lipinski definition) is 2. The van der Waals surface area contributed by atoms with Crippen molar-refractivity contribution in [1.82, 2.24) is 0 Å². The molecule has 0 aliphatic carbocycles. The van der Waals surface area contributed by atoms with E-state index in [4.69, 9.17) is 10.8 Å². The van der Waals surface area contributed by atoms with Crippen LogP contribution in [-0.4, -0.2) is 10.6 Å². The van der Waals surface area contributed by atoms with Crippen LogP contribution in [0.15, 0.2) is 24.3 Å². The lowest BCUT2D eigenvalue weighted by molar-refractivity contribution is 1.45. The molecular weight excluding hydrogens is 192 g/mol. The summed E-state index contributed by atoms with van der Waals surface area (Å²) in [4.78, 5) is 0. The molecule has 0 aliphatic rings. The predicted molar refractivity (Wildman–Crippen MR) is 65.7 cm³/mol. The molecule has 1 rings (SSSR count). The summed E-state index contributed by atoms with van der Waals surface area (Å²) in [6, 6.07) is 7.73. The van der Waals surface area contributed by atoms with Gasteiger partial charge in [0.15, 0.2) is 0 Å². The van der Waals surface area contributed by atoms with Crippen LogP contribution in [0.3, 0.4) is 0 Å². The molecule has 0 amide bonds. The van der Waals surface area contributed by atoms with Gasteiger partial charge in [-0.3, -0.25) is 5.41 Å². The van der Waals surface area contributed by atoms with E-state index in [1.807, 2.05) is 45.0 Å². The Kier molecular flexibility index (Phi) is 6.76. The molecule has 0 atom stereocenters. The molecule has 1 aromatic rings. The zero-order valence-electron chi connectivity index (χ0n) is 8.79. The third-order valence-electron chi connectivity index (χ3n) is 1.49. The summed E-state index contributed by atoms with van der Waals surface area (Å²) in [6.07, 6.45) is 0. The fourth-order valence-electron chi connectivity index (χ4n) is 0.832. The van der Waals surface area contributed by atoms with Gasteiger partial charge < -0.3 is 5.41 Å². The molecule has 0 aromatic heterocycles. The first-order valence-electron chi connectivity index (χ1n) is 4.55. The van der Waals surface area contributed by atoms with Gasteiger partial charge in [-0.25, -0.2) is 0 Å². The van der Waals surface area contributed by atoms with Crippen molar-refractivity contribution < 1.29 is 0 Å². The third kappa shape index (κ3) is 4.23. The number of hydrogen-bond acceptors (Lipinski definition) is 3. The Bertz CT molecular complexity index is 291. The van der Waals surface area contributed by atoms with E-state index in [-0.39, 0.29) is 0 Å². The number of aryl methyl sites for hydroxylation is 1. The number of nitrogens with one attached hydrogen (secondary N) is 2. The van der Waals surface area contributed by atoms with Crippen molar-refractivity contribution in [2.75, 3.05) is 0 Å². The smallest absolute Gasteiger partial charge is 0.0999 e. The third-order valence-corrected chi connectivity index (χ3v) is 2.08. The fraction of sp³-hybridized carbons (Fsp3) is 0.273. The number of thioether (sulfide) groups is 1. The molecule has 0 saturated heterocycles. The normalized spacial score (nSPS) is 8.50. The van der Waals surface area contributed by atoms with E-state index < -0.39 is 0 Å². The number of benzene rings is 1. The Morgan fingerprint density at radius 3 is 2.14 bits per heavy atom. The van der Waals surface area contributed by atoms with E-state index in [1.165, 1.54) is 11.1 Å². The standard InChI is InChI=1S/C9H10N2S.C2H6/c1-7-2-4-8(5-3-7)9(11)12-6-10;1-2/h2-6,10-11H,1H3;1-2H3. The molecule has 0 spiro atoms.